The summed E-state index contributed by atoms with van der Waals surface area (Å²) >= 11 is 0. The van der Waals surface area contributed by atoms with Gasteiger partial charge in [-0.1, -0.05) is 0 Å². The van der Waals surface area contributed by atoms with Crippen LogP contribution in [0.3, 0.4) is 0 Å². The maximum atomic E-state index is 10.5. The molecule has 0 aliphatic rings. The van der Waals surface area contributed by atoms with Crippen molar-refractivity contribution in [3.63, 3.8) is 0 Å². The molecule has 5 nitrogen and oxygen atoms in total. The summed E-state index contributed by atoms with van der Waals surface area (Å²) in [6.45, 7) is 3.82. The Morgan fingerprint density at radius 2 is 2.20 bits per heavy atom. The number of aryl methyl sites for hydroxylation is 2. The molecule has 0 saturated carbocycles. The molecule has 5 heteroatoms. The molecule has 2 heterocycles. The average molecular weight is 205 g/mol. The summed E-state index contributed by atoms with van der Waals surface area (Å²) in [5.74, 6) is -0.882. The fourth-order valence-corrected chi connectivity index (χ4v) is 1.58. The second kappa shape index (κ2) is 3.34. The summed E-state index contributed by atoms with van der Waals surface area (Å²) in [5.41, 5.74) is 3.09. The van der Waals surface area contributed by atoms with E-state index in [0.717, 1.165) is 11.4 Å². The van der Waals surface area contributed by atoms with Crippen molar-refractivity contribution in [1.29, 1.82) is 0 Å². The summed E-state index contributed by atoms with van der Waals surface area (Å²) in [6, 6.07) is 3.61. The highest BCUT2D eigenvalue weighted by atomic mass is 16.4. The highest BCUT2D eigenvalue weighted by Crippen LogP contribution is 2.09. The third kappa shape index (κ3) is 1.81. The molecule has 2 aromatic heterocycles. The summed E-state index contributed by atoms with van der Waals surface area (Å²) in [7, 11) is 0. The molecule has 0 radical (unpaired) electrons. The number of aromatic nitrogens is 3. The van der Waals surface area contributed by atoms with Crippen molar-refractivity contribution in [1.82, 2.24) is 14.6 Å². The van der Waals surface area contributed by atoms with Gasteiger partial charge in [-0.3, -0.25) is 4.79 Å². The quantitative estimate of drug-likeness (QED) is 0.793. The molecule has 0 atom stereocenters. The summed E-state index contributed by atoms with van der Waals surface area (Å²) in [6.07, 6.45) is -0.0676. The van der Waals surface area contributed by atoms with Crippen molar-refractivity contribution >= 4 is 11.6 Å². The Balaban J connectivity index is 2.55. The van der Waals surface area contributed by atoms with Gasteiger partial charge in [0.05, 0.1) is 12.1 Å². The zero-order valence-corrected chi connectivity index (χ0v) is 8.56. The summed E-state index contributed by atoms with van der Waals surface area (Å²) < 4.78 is 1.66. The maximum Gasteiger partial charge on any atom is 0.309 e. The molecule has 0 unspecified atom stereocenters. The van der Waals surface area contributed by atoms with E-state index in [1.54, 1.807) is 10.6 Å². The Bertz CT molecular complexity index is 531. The van der Waals surface area contributed by atoms with Gasteiger partial charge in [-0.2, -0.15) is 5.10 Å². The van der Waals surface area contributed by atoms with Gasteiger partial charge < -0.3 is 5.11 Å². The lowest BCUT2D eigenvalue weighted by Gasteiger charge is -1.98. The number of nitrogens with zero attached hydrogens (tertiary/aromatic N) is 3. The summed E-state index contributed by atoms with van der Waals surface area (Å²) in [4.78, 5) is 14.8. The van der Waals surface area contributed by atoms with Crippen LogP contribution in [0.25, 0.3) is 5.65 Å². The number of hydrogen-bond acceptors (Lipinski definition) is 3. The van der Waals surface area contributed by atoms with E-state index in [2.05, 4.69) is 10.1 Å². The Kier molecular flexibility index (Phi) is 2.15. The second-order valence-corrected chi connectivity index (χ2v) is 3.52. The van der Waals surface area contributed by atoms with Crippen LogP contribution in [0.15, 0.2) is 12.1 Å². The van der Waals surface area contributed by atoms with E-state index < -0.39 is 5.97 Å². The molecule has 0 fully saturated rings. The highest BCUT2D eigenvalue weighted by Gasteiger charge is 2.08. The van der Waals surface area contributed by atoms with Crippen LogP contribution in [0.5, 0.6) is 0 Å². The van der Waals surface area contributed by atoms with Crippen LogP contribution in [0.2, 0.25) is 0 Å². The predicted molar refractivity (Wildman–Crippen MR) is 53.8 cm³/mol. The first-order valence-electron chi connectivity index (χ1n) is 4.61. The first-order chi connectivity index (χ1) is 7.06. The molecule has 2 aromatic rings. The topological polar surface area (TPSA) is 67.5 Å². The Morgan fingerprint density at radius 1 is 1.47 bits per heavy atom. The second-order valence-electron chi connectivity index (χ2n) is 3.52. The minimum Gasteiger partial charge on any atom is -0.481 e. The van der Waals surface area contributed by atoms with Crippen LogP contribution in [0, 0.1) is 13.8 Å². The fourth-order valence-electron chi connectivity index (χ4n) is 1.58. The maximum absolute atomic E-state index is 10.5. The van der Waals surface area contributed by atoms with Crippen molar-refractivity contribution in [3.05, 3.63) is 29.2 Å². The lowest BCUT2D eigenvalue weighted by atomic mass is 10.3. The van der Waals surface area contributed by atoms with Crippen LogP contribution in [-0.4, -0.2) is 25.7 Å². The molecule has 2 rings (SSSR count). The van der Waals surface area contributed by atoms with Crippen molar-refractivity contribution in [2.24, 2.45) is 0 Å². The molecule has 0 amide bonds. The van der Waals surface area contributed by atoms with Crippen LogP contribution in [0.1, 0.15) is 17.1 Å². The minimum absolute atomic E-state index is 0.0676. The number of carboxylic acid groups (broad SMARTS) is 1. The first-order valence-corrected chi connectivity index (χ1v) is 4.61. The number of rotatable bonds is 2. The highest BCUT2D eigenvalue weighted by molar-refractivity contribution is 5.70. The standard InChI is InChI=1S/C10H11N3O2/c1-6-3-7(2)13-9(11-6)4-8(12-13)5-10(14)15/h3-4H,5H2,1-2H3,(H,14,15). The molecule has 0 spiro atoms. The van der Waals surface area contributed by atoms with Crippen LogP contribution in [0.4, 0.5) is 0 Å². The van der Waals surface area contributed by atoms with Gasteiger partial charge in [-0.25, -0.2) is 9.50 Å². The van der Waals surface area contributed by atoms with Crippen molar-refractivity contribution in [3.8, 4) is 0 Å². The molecule has 0 aromatic carbocycles. The average Bonchev–Trinajstić information content (AvgIpc) is 2.45. The number of carbonyl (C=O) groups is 1. The van der Waals surface area contributed by atoms with E-state index in [0.29, 0.717) is 11.3 Å². The van der Waals surface area contributed by atoms with Gasteiger partial charge in [0.1, 0.15) is 0 Å². The van der Waals surface area contributed by atoms with Crippen LogP contribution in [-0.2, 0) is 11.2 Å². The Hall–Kier alpha value is -1.91. The van der Waals surface area contributed by atoms with E-state index in [1.165, 1.54) is 0 Å². The number of fused-ring (bicyclic) bond motifs is 1. The predicted octanol–water partition coefficient (Wildman–Crippen LogP) is 0.973. The SMILES string of the molecule is Cc1cc(C)n2nc(CC(=O)O)cc2n1. The van der Waals surface area contributed by atoms with Gasteiger partial charge in [0.15, 0.2) is 5.65 Å². The van der Waals surface area contributed by atoms with E-state index in [4.69, 9.17) is 5.11 Å². The molecule has 0 aliphatic heterocycles. The molecule has 1 N–H and O–H groups in total. The molecule has 15 heavy (non-hydrogen) atoms. The van der Waals surface area contributed by atoms with E-state index in [9.17, 15) is 4.79 Å². The van der Waals surface area contributed by atoms with E-state index in [1.807, 2.05) is 19.9 Å². The third-order valence-corrected chi connectivity index (χ3v) is 2.12. The number of aliphatic carboxylic acids is 1. The zero-order valence-electron chi connectivity index (χ0n) is 8.56. The van der Waals surface area contributed by atoms with Crippen molar-refractivity contribution < 1.29 is 9.90 Å². The van der Waals surface area contributed by atoms with Crippen molar-refractivity contribution in [2.75, 3.05) is 0 Å². The minimum atomic E-state index is -0.882. The van der Waals surface area contributed by atoms with Gasteiger partial charge in [0, 0.05) is 17.5 Å². The molecule has 0 saturated heterocycles. The lowest BCUT2D eigenvalue weighted by molar-refractivity contribution is -0.136. The van der Waals surface area contributed by atoms with Gasteiger partial charge in [-0.15, -0.1) is 0 Å². The molecule has 78 valence electrons. The Labute approximate surface area is 86.4 Å². The van der Waals surface area contributed by atoms with Crippen molar-refractivity contribution in [2.45, 2.75) is 20.3 Å². The van der Waals surface area contributed by atoms with E-state index >= 15 is 0 Å². The first kappa shape index (κ1) is 9.64. The lowest BCUT2D eigenvalue weighted by Crippen LogP contribution is -2.01. The monoisotopic (exact) mass is 205 g/mol. The molecule has 0 bridgehead atoms. The zero-order chi connectivity index (χ0) is 11.0. The Morgan fingerprint density at radius 3 is 2.87 bits per heavy atom. The molecule has 0 aliphatic carbocycles. The van der Waals surface area contributed by atoms with Gasteiger partial charge in [-0.05, 0) is 19.9 Å². The van der Waals surface area contributed by atoms with Crippen LogP contribution < -0.4 is 0 Å². The van der Waals surface area contributed by atoms with Gasteiger partial charge in [0.25, 0.3) is 0 Å². The molecular weight excluding hydrogens is 194 g/mol. The largest absolute Gasteiger partial charge is 0.481 e. The molecular formula is C10H11N3O2. The van der Waals surface area contributed by atoms with Gasteiger partial charge >= 0.3 is 5.97 Å². The normalized spacial score (nSPS) is 10.8. The number of carboxylic acids is 1. The third-order valence-electron chi connectivity index (χ3n) is 2.12. The fraction of sp³-hybridized carbons (Fsp3) is 0.300. The van der Waals surface area contributed by atoms with Crippen LogP contribution >= 0.6 is 0 Å². The number of hydrogen-bond donors (Lipinski definition) is 1. The smallest absolute Gasteiger partial charge is 0.309 e. The summed E-state index contributed by atoms with van der Waals surface area (Å²) in [5, 5.41) is 12.8. The van der Waals surface area contributed by atoms with Gasteiger partial charge in [0.2, 0.25) is 0 Å². The van der Waals surface area contributed by atoms with E-state index in [-0.39, 0.29) is 6.42 Å².